The molecule has 3 aromatic rings. The van der Waals surface area contributed by atoms with Gasteiger partial charge in [-0.3, -0.25) is 19.2 Å². The highest BCUT2D eigenvalue weighted by atomic mass is 35.5. The lowest BCUT2D eigenvalue weighted by Gasteiger charge is -2.37. The number of aromatic nitrogens is 2. The highest BCUT2D eigenvalue weighted by molar-refractivity contribution is 6.34. The van der Waals surface area contributed by atoms with Crippen LogP contribution in [0.1, 0.15) is 33.8 Å². The van der Waals surface area contributed by atoms with Crippen molar-refractivity contribution in [3.63, 3.8) is 0 Å². The van der Waals surface area contributed by atoms with Crippen LogP contribution < -0.4 is 15.4 Å². The molecule has 0 saturated carbocycles. The number of nitrogens with zero attached hydrogens (tertiary/aromatic N) is 4. The van der Waals surface area contributed by atoms with Crippen molar-refractivity contribution in [3.8, 4) is 17.0 Å². The molecule has 2 saturated heterocycles. The third-order valence-electron chi connectivity index (χ3n) is 7.66. The van der Waals surface area contributed by atoms with E-state index in [1.807, 2.05) is 4.90 Å². The monoisotopic (exact) mass is 664 g/mol. The van der Waals surface area contributed by atoms with Crippen molar-refractivity contribution in [1.82, 2.24) is 24.7 Å². The number of imidazole rings is 1. The zero-order chi connectivity index (χ0) is 33.4. The molecule has 0 unspecified atom stereocenters. The molecular weight excluding hydrogens is 633 g/mol. The highest BCUT2D eigenvalue weighted by Crippen LogP contribution is 2.28. The SMILES string of the molecule is Cn1c(-c2ccc(OC(F)F)cc2F)cnc1C(=O)Nc1ccc(C(=O)N2CCN(C(=O)C3CCNCC3)CC2)c(Cl)c1.O=CO. The number of nitrogens with one attached hydrogen (secondary N) is 2. The molecule has 246 valence electrons. The van der Waals surface area contributed by atoms with Crippen molar-refractivity contribution in [3.05, 3.63) is 64.8 Å². The number of hydrogen-bond acceptors (Lipinski definition) is 7. The molecule has 2 aliphatic heterocycles. The van der Waals surface area contributed by atoms with Crippen LogP contribution in [0.15, 0.2) is 42.6 Å². The number of alkyl halides is 2. The van der Waals surface area contributed by atoms with Gasteiger partial charge in [-0.25, -0.2) is 9.37 Å². The quantitative estimate of drug-likeness (QED) is 0.324. The smallest absolute Gasteiger partial charge is 0.387 e. The molecule has 3 N–H and O–H groups in total. The van der Waals surface area contributed by atoms with Gasteiger partial charge in [0.1, 0.15) is 11.6 Å². The van der Waals surface area contributed by atoms with Gasteiger partial charge in [0.15, 0.2) is 5.82 Å². The minimum absolute atomic E-state index is 0.0286. The van der Waals surface area contributed by atoms with Crippen LogP contribution in [0, 0.1) is 11.7 Å². The van der Waals surface area contributed by atoms with Gasteiger partial charge in [0, 0.05) is 56.5 Å². The van der Waals surface area contributed by atoms with E-state index in [9.17, 15) is 27.6 Å². The molecule has 2 aliphatic rings. The average Bonchev–Trinajstić information content (AvgIpc) is 3.42. The second-order valence-corrected chi connectivity index (χ2v) is 10.8. The zero-order valence-electron chi connectivity index (χ0n) is 24.7. The summed E-state index contributed by atoms with van der Waals surface area (Å²) in [6.45, 7) is 0.0551. The summed E-state index contributed by atoms with van der Waals surface area (Å²) in [6, 6.07) is 7.79. The summed E-state index contributed by atoms with van der Waals surface area (Å²) in [5.74, 6) is -1.91. The fraction of sp³-hybridized carbons (Fsp3) is 0.367. The van der Waals surface area contributed by atoms with Crippen LogP contribution >= 0.6 is 11.6 Å². The molecule has 2 aromatic carbocycles. The first-order valence-corrected chi connectivity index (χ1v) is 14.7. The van der Waals surface area contributed by atoms with Gasteiger partial charge in [0.25, 0.3) is 18.3 Å². The second-order valence-electron chi connectivity index (χ2n) is 10.4. The maximum Gasteiger partial charge on any atom is 0.387 e. The molecule has 0 radical (unpaired) electrons. The van der Waals surface area contributed by atoms with Gasteiger partial charge in [-0.15, -0.1) is 0 Å². The number of carboxylic acid groups (broad SMARTS) is 1. The lowest BCUT2D eigenvalue weighted by atomic mass is 9.96. The molecule has 16 heteroatoms. The minimum Gasteiger partial charge on any atom is -0.483 e. The van der Waals surface area contributed by atoms with E-state index in [1.54, 1.807) is 11.0 Å². The summed E-state index contributed by atoms with van der Waals surface area (Å²) in [4.78, 5) is 54.9. The van der Waals surface area contributed by atoms with E-state index in [-0.39, 0.29) is 57.6 Å². The molecule has 46 heavy (non-hydrogen) atoms. The molecule has 12 nitrogen and oxygen atoms in total. The molecule has 0 atom stereocenters. The van der Waals surface area contributed by atoms with Crippen LogP contribution in [0.3, 0.4) is 0 Å². The molecule has 3 heterocycles. The Balaban J connectivity index is 0.00000154. The zero-order valence-corrected chi connectivity index (χ0v) is 25.5. The number of piperidine rings is 1. The Bertz CT molecular complexity index is 1570. The molecule has 0 aliphatic carbocycles. The number of halogens is 4. The number of amides is 3. The fourth-order valence-electron chi connectivity index (χ4n) is 5.33. The Morgan fingerprint density at radius 3 is 2.35 bits per heavy atom. The Morgan fingerprint density at radius 1 is 1.09 bits per heavy atom. The first-order chi connectivity index (χ1) is 22.0. The molecule has 3 amide bonds. The van der Waals surface area contributed by atoms with Crippen LogP contribution in [0.4, 0.5) is 18.9 Å². The van der Waals surface area contributed by atoms with Crippen LogP contribution in [0.25, 0.3) is 11.3 Å². The van der Waals surface area contributed by atoms with Crippen molar-refractivity contribution < 1.29 is 42.2 Å². The van der Waals surface area contributed by atoms with E-state index < -0.39 is 18.3 Å². The first kappa shape index (κ1) is 34.2. The number of rotatable bonds is 7. The second kappa shape index (κ2) is 15.6. The molecule has 0 bridgehead atoms. The Hall–Kier alpha value is -4.63. The maximum atomic E-state index is 14.6. The maximum absolute atomic E-state index is 14.6. The summed E-state index contributed by atoms with van der Waals surface area (Å²) in [6.07, 6.45) is 2.94. The van der Waals surface area contributed by atoms with Crippen LogP contribution in [-0.4, -0.2) is 94.5 Å². The van der Waals surface area contributed by atoms with Crippen molar-refractivity contribution in [2.75, 3.05) is 44.6 Å². The average molecular weight is 665 g/mol. The molecular formula is C30H32ClF3N6O6. The highest BCUT2D eigenvalue weighted by Gasteiger charge is 2.30. The number of ether oxygens (including phenoxy) is 1. The summed E-state index contributed by atoms with van der Waals surface area (Å²) >= 11 is 6.44. The Labute approximate surface area is 267 Å². The number of carbonyl (C=O) groups excluding carboxylic acids is 3. The molecule has 1 aromatic heterocycles. The van der Waals surface area contributed by atoms with E-state index >= 15 is 0 Å². The number of benzene rings is 2. The molecule has 2 fully saturated rings. The van der Waals surface area contributed by atoms with E-state index in [2.05, 4.69) is 20.4 Å². The summed E-state index contributed by atoms with van der Waals surface area (Å²) in [7, 11) is 1.51. The molecule has 5 rings (SSSR count). The largest absolute Gasteiger partial charge is 0.483 e. The predicted octanol–water partition coefficient (Wildman–Crippen LogP) is 3.72. The topological polar surface area (TPSA) is 146 Å². The first-order valence-electron chi connectivity index (χ1n) is 14.3. The van der Waals surface area contributed by atoms with Gasteiger partial charge in [-0.1, -0.05) is 11.6 Å². The van der Waals surface area contributed by atoms with Gasteiger partial charge in [0.2, 0.25) is 5.91 Å². The van der Waals surface area contributed by atoms with E-state index in [0.29, 0.717) is 31.9 Å². The Kier molecular flexibility index (Phi) is 11.6. The number of hydrogen-bond donors (Lipinski definition) is 3. The number of anilines is 1. The number of piperazine rings is 1. The van der Waals surface area contributed by atoms with Gasteiger partial charge < -0.3 is 34.8 Å². The standard InChI is InChI=1S/C29H30ClF3N6O4.CH2O2/c1-37-24(21-5-3-19(15-23(21)31)43-29(32)33)16-35-25(37)26(40)36-18-2-4-20(22(30)14-18)28(42)39-12-10-38(11-13-39)27(41)17-6-8-34-9-7-17;2-1-3/h2-5,14-17,29,34H,6-13H2,1H3,(H,36,40);1H,(H,2,3). The van der Waals surface area contributed by atoms with Crippen LogP contribution in [0.2, 0.25) is 5.02 Å². The lowest BCUT2D eigenvalue weighted by Crippen LogP contribution is -2.52. The lowest BCUT2D eigenvalue weighted by molar-refractivity contribution is -0.137. The van der Waals surface area contributed by atoms with Gasteiger partial charge in [0.05, 0.1) is 22.5 Å². The van der Waals surface area contributed by atoms with Crippen molar-refractivity contribution in [2.24, 2.45) is 13.0 Å². The predicted molar refractivity (Wildman–Crippen MR) is 161 cm³/mol. The van der Waals surface area contributed by atoms with Gasteiger partial charge in [-0.05, 0) is 56.3 Å². The van der Waals surface area contributed by atoms with Gasteiger partial charge >= 0.3 is 6.61 Å². The van der Waals surface area contributed by atoms with E-state index in [0.717, 1.165) is 32.0 Å². The van der Waals surface area contributed by atoms with Crippen LogP contribution in [-0.2, 0) is 16.6 Å². The third-order valence-corrected chi connectivity index (χ3v) is 7.97. The Morgan fingerprint density at radius 2 is 1.74 bits per heavy atom. The summed E-state index contributed by atoms with van der Waals surface area (Å²) in [5, 5.41) is 13.0. The third kappa shape index (κ3) is 8.14. The van der Waals surface area contributed by atoms with E-state index in [1.165, 1.54) is 42.1 Å². The van der Waals surface area contributed by atoms with Crippen molar-refractivity contribution in [1.29, 1.82) is 0 Å². The van der Waals surface area contributed by atoms with E-state index in [4.69, 9.17) is 21.5 Å². The molecule has 0 spiro atoms. The minimum atomic E-state index is -3.09. The normalized spacial score (nSPS) is 15.2. The van der Waals surface area contributed by atoms with Crippen molar-refractivity contribution in [2.45, 2.75) is 19.5 Å². The fourth-order valence-corrected chi connectivity index (χ4v) is 5.59. The number of carbonyl (C=O) groups is 4. The van der Waals surface area contributed by atoms with Gasteiger partial charge in [-0.2, -0.15) is 8.78 Å². The summed E-state index contributed by atoms with van der Waals surface area (Å²) < 4.78 is 45.0. The van der Waals surface area contributed by atoms with Crippen molar-refractivity contribution >= 4 is 41.5 Å². The van der Waals surface area contributed by atoms with Crippen LogP contribution in [0.5, 0.6) is 5.75 Å². The summed E-state index contributed by atoms with van der Waals surface area (Å²) in [5.41, 5.74) is 0.862.